The molecule has 67 heavy (non-hydrogen) atoms. The van der Waals surface area contributed by atoms with Crippen molar-refractivity contribution in [1.82, 2.24) is 0 Å². The van der Waals surface area contributed by atoms with Crippen LogP contribution < -0.4 is 5.73 Å². The highest BCUT2D eigenvalue weighted by atomic mass is 35.6. The van der Waals surface area contributed by atoms with Gasteiger partial charge in [0.05, 0.1) is 29.5 Å². The number of ether oxygens (including phenoxy) is 8. The summed E-state index contributed by atoms with van der Waals surface area (Å²) in [5.41, 5.74) is -2.37. The predicted molar refractivity (Wildman–Crippen MR) is 239 cm³/mol. The van der Waals surface area contributed by atoms with Crippen LogP contribution in [-0.2, 0) is 52.3 Å². The van der Waals surface area contributed by atoms with Gasteiger partial charge < -0.3 is 53.8 Å². The number of benzene rings is 2. The van der Waals surface area contributed by atoms with E-state index < -0.39 is 147 Å². The van der Waals surface area contributed by atoms with Crippen LogP contribution in [-0.4, -0.2) is 121 Å². The summed E-state index contributed by atoms with van der Waals surface area (Å²) in [7, 11) is 0. The predicted octanol–water partition coefficient (Wildman–Crippen LogP) is 6.76. The van der Waals surface area contributed by atoms with Gasteiger partial charge in [0.15, 0.2) is 23.6 Å². The molecule has 6 rings (SSSR count). The molecule has 4 N–H and O–H groups in total. The van der Waals surface area contributed by atoms with E-state index in [1.165, 1.54) is 39.8 Å². The number of fused-ring (bicyclic) bond motifs is 5. The first-order valence-electron chi connectivity index (χ1n) is 20.6. The molecule has 17 nitrogen and oxygen atoms in total. The number of esters is 3. The number of carbonyl (C=O) groups excluding carboxylic acids is 6. The number of nitrogens with two attached hydrogens (primary N) is 1. The normalized spacial score (nSPS) is 30.9. The molecule has 2 aromatic carbocycles. The van der Waals surface area contributed by atoms with Crippen molar-refractivity contribution in [1.29, 1.82) is 0 Å². The lowest BCUT2D eigenvalue weighted by atomic mass is 9.44. The molecule has 3 fully saturated rings. The van der Waals surface area contributed by atoms with Gasteiger partial charge in [0.25, 0.3) is 0 Å². The molecule has 4 aliphatic rings. The third kappa shape index (κ3) is 10.5. The molecule has 3 aliphatic carbocycles. The summed E-state index contributed by atoms with van der Waals surface area (Å²) in [6.07, 6.45) is -14.9. The summed E-state index contributed by atoms with van der Waals surface area (Å²) < 4.78 is 42.1. The highest BCUT2D eigenvalue weighted by molar-refractivity contribution is 6.68. The maximum absolute atomic E-state index is 16.1. The van der Waals surface area contributed by atoms with Crippen LogP contribution in [0.3, 0.4) is 0 Å². The first-order valence-corrected chi connectivity index (χ1v) is 22.9. The van der Waals surface area contributed by atoms with Crippen molar-refractivity contribution in [2.24, 2.45) is 22.5 Å². The standard InChI is InChI=1S/C44H47Cl6NO16/c1-21-25(63-36(56)30(53)29(51)23-12-8-6-9-13-23)17-42(59)34(66-35(55)24-14-10-7-11-15-24)32-40(5,33(54)31(28(21)39(42,3)4)65-38(58)62-20-44(48,49)50)26(64-37(57)61-19-43(45,46)47)16-27-41(32,18-60-27)67-22(2)52/h6-15,25-27,29-32,34,53,59H,16-20,51H2,1-5H3/t25-,26-,27+,29-,30+,31+,32-,34-,40+,41-,42+/m0/s1. The second-order valence-corrected chi connectivity index (χ2v) is 22.5. The zero-order chi connectivity index (χ0) is 49.7. The van der Waals surface area contributed by atoms with Gasteiger partial charge in [-0.1, -0.05) is 132 Å². The van der Waals surface area contributed by atoms with E-state index in [9.17, 15) is 34.2 Å². The van der Waals surface area contributed by atoms with Crippen molar-refractivity contribution in [3.63, 3.8) is 0 Å². The average Bonchev–Trinajstić information content (AvgIpc) is 3.25. The third-order valence-corrected chi connectivity index (χ3v) is 13.7. The van der Waals surface area contributed by atoms with E-state index in [4.69, 9.17) is 113 Å². The second-order valence-electron chi connectivity index (χ2n) is 17.5. The molecule has 1 saturated heterocycles. The zero-order valence-corrected chi connectivity index (χ0v) is 40.9. The van der Waals surface area contributed by atoms with E-state index in [1.54, 1.807) is 48.5 Å². The Morgan fingerprint density at radius 3 is 1.93 bits per heavy atom. The number of hydrogen-bond donors (Lipinski definition) is 3. The topological polar surface area (TPSA) is 243 Å². The fourth-order valence-electron chi connectivity index (χ4n) is 9.78. The maximum Gasteiger partial charge on any atom is 0.509 e. The molecule has 0 radical (unpaired) electrons. The molecule has 1 aliphatic heterocycles. The number of ketones is 1. The summed E-state index contributed by atoms with van der Waals surface area (Å²) in [6.45, 7) is 4.49. The number of halogens is 6. The molecule has 2 saturated carbocycles. The van der Waals surface area contributed by atoms with Gasteiger partial charge >= 0.3 is 30.2 Å². The third-order valence-electron chi connectivity index (χ3n) is 13.1. The Bertz CT molecular complexity index is 2270. The fourth-order valence-corrected chi connectivity index (χ4v) is 10.1. The first-order chi connectivity index (χ1) is 31.1. The zero-order valence-electron chi connectivity index (χ0n) is 36.4. The van der Waals surface area contributed by atoms with Crippen LogP contribution in [0.1, 0.15) is 69.4 Å². The van der Waals surface area contributed by atoms with Crippen molar-refractivity contribution >= 4 is 106 Å². The molecule has 366 valence electrons. The molecule has 0 spiro atoms. The lowest BCUT2D eigenvalue weighted by molar-refractivity contribution is -0.346. The Labute approximate surface area is 414 Å². The van der Waals surface area contributed by atoms with Gasteiger partial charge in [0, 0.05) is 25.2 Å². The van der Waals surface area contributed by atoms with E-state index in [0.717, 1.165) is 6.92 Å². The molecule has 0 aromatic heterocycles. The first kappa shape index (κ1) is 52.7. The minimum absolute atomic E-state index is 0.0149. The van der Waals surface area contributed by atoms with Gasteiger partial charge in [-0.15, -0.1) is 0 Å². The summed E-state index contributed by atoms with van der Waals surface area (Å²) in [5.74, 6) is -6.12. The Hall–Kier alpha value is -3.62. The maximum atomic E-state index is 16.1. The molecule has 2 bridgehead atoms. The molecule has 23 heteroatoms. The Balaban J connectivity index is 1.62. The lowest BCUT2D eigenvalue weighted by Gasteiger charge is -2.67. The van der Waals surface area contributed by atoms with E-state index in [0.29, 0.717) is 5.56 Å². The smallest absolute Gasteiger partial charge is 0.456 e. The number of hydrogen-bond acceptors (Lipinski definition) is 17. The second kappa shape index (κ2) is 19.6. The molecule has 0 amide bonds. The molecule has 1 heterocycles. The SMILES string of the molecule is CC(=O)O[C@@]12CO[C@@H]1C[C@H](OC(=O)OCC(Cl)(Cl)Cl)[C@@]1(C)C(=O)[C@H](OC(=O)OCC(Cl)(Cl)Cl)C3=C(C)[C@@H](OC(=O)[C@H](O)[C@@H](N)c4ccccc4)C[C@@](O)([C@@H](OC(=O)c4ccccc4)[C@H]21)C3(C)C. The van der Waals surface area contributed by atoms with Crippen molar-refractivity contribution < 1.29 is 76.9 Å². The van der Waals surface area contributed by atoms with Gasteiger partial charge in [0.1, 0.15) is 43.2 Å². The van der Waals surface area contributed by atoms with Crippen LogP contribution in [0.4, 0.5) is 9.59 Å². The minimum Gasteiger partial charge on any atom is -0.456 e. The summed E-state index contributed by atoms with van der Waals surface area (Å²) in [5, 5.41) is 25.1. The molecular formula is C44H47Cl6NO16. The largest absolute Gasteiger partial charge is 0.509 e. The van der Waals surface area contributed by atoms with Crippen molar-refractivity contribution in [3.05, 3.63) is 82.9 Å². The van der Waals surface area contributed by atoms with Crippen molar-refractivity contribution in [2.75, 3.05) is 19.8 Å². The van der Waals surface area contributed by atoms with Crippen LogP contribution in [0.2, 0.25) is 0 Å². The van der Waals surface area contributed by atoms with Gasteiger partial charge in [-0.3, -0.25) is 9.59 Å². The molecular weight excluding hydrogens is 1010 g/mol. The number of aliphatic hydroxyl groups excluding tert-OH is 1. The van der Waals surface area contributed by atoms with Gasteiger partial charge in [0.2, 0.25) is 7.59 Å². The number of Topliss-reactive ketones (excluding diaryl/α,β-unsaturated/α-hetero) is 1. The highest BCUT2D eigenvalue weighted by Crippen LogP contribution is 2.65. The fraction of sp³-hybridized carbons (Fsp3) is 0.545. The Morgan fingerprint density at radius 1 is 0.851 bits per heavy atom. The lowest BCUT2D eigenvalue weighted by Crippen LogP contribution is -2.82. The van der Waals surface area contributed by atoms with Gasteiger partial charge in [-0.2, -0.15) is 0 Å². The van der Waals surface area contributed by atoms with Gasteiger partial charge in [-0.05, 0) is 42.7 Å². The number of carbonyl (C=O) groups is 6. The van der Waals surface area contributed by atoms with Gasteiger partial charge in [-0.25, -0.2) is 19.2 Å². The summed E-state index contributed by atoms with van der Waals surface area (Å²) >= 11 is 35.2. The van der Waals surface area contributed by atoms with Crippen LogP contribution in [0.15, 0.2) is 71.8 Å². The van der Waals surface area contributed by atoms with E-state index in [1.807, 2.05) is 0 Å². The van der Waals surface area contributed by atoms with E-state index in [-0.39, 0.29) is 16.7 Å². The number of alkyl halides is 6. The molecule has 11 atom stereocenters. The number of rotatable bonds is 11. The summed E-state index contributed by atoms with van der Waals surface area (Å²) in [6, 6.07) is 14.4. The van der Waals surface area contributed by atoms with Crippen LogP contribution in [0.25, 0.3) is 0 Å². The average molecular weight is 1060 g/mol. The van der Waals surface area contributed by atoms with Crippen LogP contribution in [0.5, 0.6) is 0 Å². The molecule has 2 aromatic rings. The van der Waals surface area contributed by atoms with E-state index >= 15 is 4.79 Å². The van der Waals surface area contributed by atoms with E-state index in [2.05, 4.69) is 0 Å². The number of aliphatic hydroxyl groups is 2. The van der Waals surface area contributed by atoms with Crippen LogP contribution in [0, 0.1) is 16.7 Å². The molecule has 0 unspecified atom stereocenters. The minimum atomic E-state index is -2.58. The Kier molecular flexibility index (Phi) is 15.5. The monoisotopic (exact) mass is 1060 g/mol. The highest BCUT2D eigenvalue weighted by Gasteiger charge is 2.79. The quantitative estimate of drug-likeness (QED) is 0.0911. The van der Waals surface area contributed by atoms with Crippen LogP contribution >= 0.6 is 69.6 Å². The Morgan fingerprint density at radius 2 is 1.40 bits per heavy atom. The summed E-state index contributed by atoms with van der Waals surface area (Å²) in [4.78, 5) is 85.0. The van der Waals surface area contributed by atoms with Crippen molar-refractivity contribution in [2.45, 2.75) is 109 Å². The van der Waals surface area contributed by atoms with Crippen molar-refractivity contribution in [3.8, 4) is 0 Å².